The first-order valence-electron chi connectivity index (χ1n) is 9.41. The fourth-order valence-electron chi connectivity index (χ4n) is 3.31. The van der Waals surface area contributed by atoms with E-state index in [0.717, 1.165) is 24.2 Å². The molecule has 0 aromatic heterocycles. The smallest absolute Gasteiger partial charge is 0.238 e. The zero-order valence-electron chi connectivity index (χ0n) is 15.9. The maximum Gasteiger partial charge on any atom is 0.238 e. The summed E-state index contributed by atoms with van der Waals surface area (Å²) in [6.45, 7) is 6.66. The Morgan fingerprint density at radius 2 is 2.12 bits per heavy atom. The summed E-state index contributed by atoms with van der Waals surface area (Å²) < 4.78 is 31.9. The zero-order chi connectivity index (χ0) is 19.2. The van der Waals surface area contributed by atoms with Crippen LogP contribution in [-0.4, -0.2) is 43.6 Å². The molecule has 1 aliphatic heterocycles. The third-order valence-corrected chi connectivity index (χ3v) is 6.68. The molecule has 1 saturated heterocycles. The van der Waals surface area contributed by atoms with Crippen molar-refractivity contribution in [1.29, 1.82) is 0 Å². The molecular formula is C19H30N2O4S. The topological polar surface area (TPSA) is 75.7 Å². The van der Waals surface area contributed by atoms with Gasteiger partial charge in [0.25, 0.3) is 0 Å². The van der Waals surface area contributed by atoms with Crippen LogP contribution in [0.25, 0.3) is 0 Å². The number of nitrogens with one attached hydrogen (secondary N) is 1. The maximum absolute atomic E-state index is 12.8. The summed E-state index contributed by atoms with van der Waals surface area (Å²) in [6, 6.07) is 6.77. The summed E-state index contributed by atoms with van der Waals surface area (Å²) in [4.78, 5) is 12.8. The van der Waals surface area contributed by atoms with E-state index in [1.54, 1.807) is 0 Å². The molecule has 1 aliphatic rings. The number of rotatable bonds is 8. The molecule has 2 atom stereocenters. The number of nitrogens with zero attached hydrogens (tertiary/aromatic N) is 1. The van der Waals surface area contributed by atoms with Gasteiger partial charge in [0.05, 0.1) is 18.4 Å². The van der Waals surface area contributed by atoms with Gasteiger partial charge >= 0.3 is 0 Å². The minimum Gasteiger partial charge on any atom is -0.494 e. The van der Waals surface area contributed by atoms with E-state index >= 15 is 0 Å². The van der Waals surface area contributed by atoms with Crippen molar-refractivity contribution < 1.29 is 17.9 Å². The third kappa shape index (κ3) is 5.20. The molecule has 1 fully saturated rings. The molecule has 6 nitrogen and oxygen atoms in total. The minimum absolute atomic E-state index is 0.0860. The van der Waals surface area contributed by atoms with E-state index in [1.165, 1.54) is 4.31 Å². The van der Waals surface area contributed by atoms with Crippen LogP contribution >= 0.6 is 0 Å². The second kappa shape index (κ2) is 9.37. The maximum atomic E-state index is 12.8. The predicted octanol–water partition coefficient (Wildman–Crippen LogP) is 2.86. The monoisotopic (exact) mass is 382 g/mol. The number of sulfonamides is 1. The molecule has 1 N–H and O–H groups in total. The summed E-state index contributed by atoms with van der Waals surface area (Å²) in [5.41, 5.74) is 0.933. The van der Waals surface area contributed by atoms with Crippen LogP contribution in [0.3, 0.4) is 0 Å². The van der Waals surface area contributed by atoms with Gasteiger partial charge in [-0.25, -0.2) is 8.42 Å². The first kappa shape index (κ1) is 20.7. The average molecular weight is 383 g/mol. The van der Waals surface area contributed by atoms with Gasteiger partial charge in [0, 0.05) is 6.54 Å². The third-order valence-electron chi connectivity index (χ3n) is 4.60. The van der Waals surface area contributed by atoms with E-state index in [-0.39, 0.29) is 17.7 Å². The van der Waals surface area contributed by atoms with Crippen molar-refractivity contribution in [3.63, 3.8) is 0 Å². The van der Waals surface area contributed by atoms with Crippen LogP contribution in [0.1, 0.15) is 58.1 Å². The highest BCUT2D eigenvalue weighted by molar-refractivity contribution is 7.89. The summed E-state index contributed by atoms with van der Waals surface area (Å²) >= 11 is 0. The molecular weight excluding hydrogens is 352 g/mol. The molecule has 0 bridgehead atoms. The number of hydrogen-bond acceptors (Lipinski definition) is 4. The van der Waals surface area contributed by atoms with Gasteiger partial charge in [-0.15, -0.1) is 0 Å². The van der Waals surface area contributed by atoms with Crippen LogP contribution in [0.15, 0.2) is 24.3 Å². The lowest BCUT2D eigenvalue weighted by molar-refractivity contribution is -0.126. The largest absolute Gasteiger partial charge is 0.494 e. The Bertz CT molecular complexity index is 705. The van der Waals surface area contributed by atoms with Crippen LogP contribution in [-0.2, 0) is 14.8 Å². The number of ether oxygens (including phenoxy) is 1. The molecule has 1 heterocycles. The van der Waals surface area contributed by atoms with Gasteiger partial charge in [0.2, 0.25) is 15.9 Å². The van der Waals surface area contributed by atoms with E-state index < -0.39 is 16.1 Å². The fourth-order valence-corrected chi connectivity index (χ4v) is 5.06. The Morgan fingerprint density at radius 1 is 1.35 bits per heavy atom. The molecule has 0 radical (unpaired) electrons. The fraction of sp³-hybridized carbons (Fsp3) is 0.632. The minimum atomic E-state index is -3.39. The van der Waals surface area contributed by atoms with Gasteiger partial charge in [0.15, 0.2) is 0 Å². The van der Waals surface area contributed by atoms with Crippen LogP contribution < -0.4 is 10.1 Å². The van der Waals surface area contributed by atoms with Crippen molar-refractivity contribution >= 4 is 15.9 Å². The van der Waals surface area contributed by atoms with E-state index in [9.17, 15) is 13.2 Å². The lowest BCUT2D eigenvalue weighted by Crippen LogP contribution is -2.52. The Hall–Kier alpha value is -1.60. The number of piperidine rings is 1. The lowest BCUT2D eigenvalue weighted by Gasteiger charge is -2.34. The van der Waals surface area contributed by atoms with E-state index in [4.69, 9.17) is 4.74 Å². The number of carbonyl (C=O) groups is 1. The summed E-state index contributed by atoms with van der Waals surface area (Å²) in [7, 11) is -3.39. The van der Waals surface area contributed by atoms with Gasteiger partial charge < -0.3 is 10.1 Å². The molecule has 1 amide bonds. The first-order valence-corrected chi connectivity index (χ1v) is 11.0. The van der Waals surface area contributed by atoms with Gasteiger partial charge in [-0.05, 0) is 50.8 Å². The Morgan fingerprint density at radius 3 is 2.81 bits per heavy atom. The SMILES string of the molecule is CCCS(=O)(=O)N1CCCCC1C(=O)NC(C)c1cccc(OCC)c1. The van der Waals surface area contributed by atoms with Crippen molar-refractivity contribution in [2.75, 3.05) is 18.9 Å². The van der Waals surface area contributed by atoms with Crippen molar-refractivity contribution in [2.45, 2.75) is 58.5 Å². The van der Waals surface area contributed by atoms with Crippen LogP contribution in [0.4, 0.5) is 0 Å². The molecule has 0 saturated carbocycles. The van der Waals surface area contributed by atoms with Gasteiger partial charge in [0.1, 0.15) is 11.8 Å². The predicted molar refractivity (Wildman–Crippen MR) is 103 cm³/mol. The van der Waals surface area contributed by atoms with Crippen molar-refractivity contribution in [2.24, 2.45) is 0 Å². The standard InChI is InChI=1S/C19H30N2O4S/c1-4-13-26(23,24)21-12-7-6-11-18(21)19(22)20-15(3)16-9-8-10-17(14-16)25-5-2/h8-10,14-15,18H,4-7,11-13H2,1-3H3,(H,20,22). The summed E-state index contributed by atoms with van der Waals surface area (Å²) in [6.07, 6.45) is 2.79. The van der Waals surface area contributed by atoms with E-state index in [2.05, 4.69) is 5.32 Å². The Labute approximate surface area is 157 Å². The van der Waals surface area contributed by atoms with Crippen molar-refractivity contribution in [3.05, 3.63) is 29.8 Å². The number of benzene rings is 1. The zero-order valence-corrected chi connectivity index (χ0v) is 16.7. The average Bonchev–Trinajstić information content (AvgIpc) is 2.62. The Balaban J connectivity index is 2.10. The van der Waals surface area contributed by atoms with Crippen LogP contribution in [0, 0.1) is 0 Å². The first-order chi connectivity index (χ1) is 12.4. The number of amides is 1. The molecule has 2 rings (SSSR count). The molecule has 7 heteroatoms. The van der Waals surface area contributed by atoms with Gasteiger partial charge in [-0.1, -0.05) is 25.5 Å². The molecule has 0 aliphatic carbocycles. The Kier molecular flexibility index (Phi) is 7.46. The van der Waals surface area contributed by atoms with E-state index in [0.29, 0.717) is 26.0 Å². The van der Waals surface area contributed by atoms with Crippen LogP contribution in [0.5, 0.6) is 5.75 Å². The van der Waals surface area contributed by atoms with Crippen molar-refractivity contribution in [3.8, 4) is 5.75 Å². The van der Waals surface area contributed by atoms with Crippen molar-refractivity contribution in [1.82, 2.24) is 9.62 Å². The summed E-state index contributed by atoms with van der Waals surface area (Å²) in [5, 5.41) is 2.98. The number of hydrogen-bond donors (Lipinski definition) is 1. The highest BCUT2D eigenvalue weighted by Crippen LogP contribution is 2.24. The quantitative estimate of drug-likeness (QED) is 0.750. The molecule has 1 aromatic carbocycles. The molecule has 26 heavy (non-hydrogen) atoms. The molecule has 0 spiro atoms. The molecule has 1 aromatic rings. The normalized spacial score (nSPS) is 19.7. The highest BCUT2D eigenvalue weighted by Gasteiger charge is 2.36. The molecule has 146 valence electrons. The van der Waals surface area contributed by atoms with Gasteiger partial charge in [-0.2, -0.15) is 4.31 Å². The van der Waals surface area contributed by atoms with E-state index in [1.807, 2.05) is 45.0 Å². The van der Waals surface area contributed by atoms with Gasteiger partial charge in [-0.3, -0.25) is 4.79 Å². The number of carbonyl (C=O) groups excluding carboxylic acids is 1. The molecule has 2 unspecified atom stereocenters. The second-order valence-electron chi connectivity index (χ2n) is 6.67. The lowest BCUT2D eigenvalue weighted by atomic mass is 10.0. The second-order valence-corrected chi connectivity index (χ2v) is 8.72. The highest BCUT2D eigenvalue weighted by atomic mass is 32.2. The summed E-state index contributed by atoms with van der Waals surface area (Å²) in [5.74, 6) is 0.623. The van der Waals surface area contributed by atoms with Crippen LogP contribution in [0.2, 0.25) is 0 Å².